The second-order valence-electron chi connectivity index (χ2n) is 10.5. The number of nitrogens with two attached hydrogens (primary N) is 3. The van der Waals surface area contributed by atoms with Gasteiger partial charge in [-0.1, -0.05) is 18.6 Å². The third kappa shape index (κ3) is 9.15. The summed E-state index contributed by atoms with van der Waals surface area (Å²) >= 11 is 0. The molecule has 0 radical (unpaired) electrons. The number of aliphatic hydroxyl groups excluding tert-OH is 1. The summed E-state index contributed by atoms with van der Waals surface area (Å²) in [7, 11) is 0. The summed E-state index contributed by atoms with van der Waals surface area (Å²) in [6.07, 6.45) is 2.59. The zero-order valence-corrected chi connectivity index (χ0v) is 23.1. The normalized spacial score (nSPS) is 20.2. The Labute approximate surface area is 239 Å². The van der Waals surface area contributed by atoms with Crippen molar-refractivity contribution in [3.05, 3.63) is 47.5 Å². The van der Waals surface area contributed by atoms with E-state index in [0.29, 0.717) is 54.5 Å². The number of phenolic OH excluding ortho intramolecular Hbond substituents is 2. The molecule has 0 unspecified atom stereocenters. The van der Waals surface area contributed by atoms with Crippen molar-refractivity contribution in [1.29, 1.82) is 0 Å². The Kier molecular flexibility index (Phi) is 11.9. The van der Waals surface area contributed by atoms with Crippen molar-refractivity contribution in [3.8, 4) is 22.6 Å². The molecule has 1 aliphatic rings. The van der Waals surface area contributed by atoms with Crippen LogP contribution in [0.15, 0.2) is 36.4 Å². The summed E-state index contributed by atoms with van der Waals surface area (Å²) < 4.78 is 0. The summed E-state index contributed by atoms with van der Waals surface area (Å²) in [5, 5.41) is 38.4. The molecule has 4 bridgehead atoms. The van der Waals surface area contributed by atoms with Crippen LogP contribution < -0.4 is 33.2 Å². The minimum absolute atomic E-state index is 0.0192. The molecule has 2 aromatic carbocycles. The zero-order chi connectivity index (χ0) is 29.9. The Morgan fingerprint density at radius 3 is 2.20 bits per heavy atom. The Morgan fingerprint density at radius 2 is 1.59 bits per heavy atom. The molecule has 0 aromatic heterocycles. The van der Waals surface area contributed by atoms with Crippen molar-refractivity contribution < 1.29 is 29.7 Å². The smallest absolute Gasteiger partial charge is 0.243 e. The van der Waals surface area contributed by atoms with E-state index >= 15 is 0 Å². The number of hydrogen-bond acceptors (Lipinski definition) is 9. The summed E-state index contributed by atoms with van der Waals surface area (Å²) in [5.41, 5.74) is 19.9. The molecule has 41 heavy (non-hydrogen) atoms. The number of unbranched alkanes of at least 4 members (excludes halogenated alkanes) is 1. The SMILES string of the molecule is NCCC[C@H]1NC(=O)[C@@H](N)Cc2cc(ccc2O)-c2ccc(O)c(c2)C[C@H](C(=O)NCCCC[C@H](N)CO)NC1=O. The first kappa shape index (κ1) is 31.8. The summed E-state index contributed by atoms with van der Waals surface area (Å²) in [6, 6.07) is 6.45. The van der Waals surface area contributed by atoms with Gasteiger partial charge in [-0.2, -0.15) is 0 Å². The molecule has 0 fully saturated rings. The highest BCUT2D eigenvalue weighted by atomic mass is 16.3. The van der Waals surface area contributed by atoms with E-state index in [0.717, 1.165) is 0 Å². The van der Waals surface area contributed by atoms with E-state index in [1.807, 2.05) is 0 Å². The highest BCUT2D eigenvalue weighted by Gasteiger charge is 2.29. The lowest BCUT2D eigenvalue weighted by Gasteiger charge is -2.24. The van der Waals surface area contributed by atoms with Crippen LogP contribution in [0.4, 0.5) is 0 Å². The fraction of sp³-hybridized carbons (Fsp3) is 0.483. The quantitative estimate of drug-likeness (QED) is 0.168. The first-order chi connectivity index (χ1) is 19.6. The zero-order valence-electron chi connectivity index (χ0n) is 23.1. The number of phenols is 2. The molecule has 3 rings (SSSR count). The number of fused-ring (bicyclic) bond motifs is 5. The van der Waals surface area contributed by atoms with E-state index < -0.39 is 35.8 Å². The maximum absolute atomic E-state index is 13.4. The highest BCUT2D eigenvalue weighted by molar-refractivity contribution is 5.93. The van der Waals surface area contributed by atoms with Gasteiger partial charge in [0, 0.05) is 25.4 Å². The summed E-state index contributed by atoms with van der Waals surface area (Å²) in [5.74, 6) is -1.68. The molecule has 2 aromatic rings. The maximum Gasteiger partial charge on any atom is 0.243 e. The number of hydrogen-bond donors (Lipinski definition) is 9. The predicted molar refractivity (Wildman–Crippen MR) is 155 cm³/mol. The predicted octanol–water partition coefficient (Wildman–Crippen LogP) is -0.495. The lowest BCUT2D eigenvalue weighted by atomic mass is 9.95. The molecule has 0 saturated carbocycles. The van der Waals surface area contributed by atoms with Crippen LogP contribution in [0.3, 0.4) is 0 Å². The molecule has 1 aliphatic heterocycles. The molecule has 12 heteroatoms. The van der Waals surface area contributed by atoms with E-state index in [4.69, 9.17) is 22.3 Å². The van der Waals surface area contributed by atoms with Gasteiger partial charge in [-0.25, -0.2) is 0 Å². The molecule has 4 atom stereocenters. The van der Waals surface area contributed by atoms with Crippen LogP contribution in [0.25, 0.3) is 11.1 Å². The van der Waals surface area contributed by atoms with Crippen molar-refractivity contribution >= 4 is 17.7 Å². The van der Waals surface area contributed by atoms with Crippen molar-refractivity contribution in [1.82, 2.24) is 16.0 Å². The number of rotatable bonds is 10. The molecule has 12 N–H and O–H groups in total. The monoisotopic (exact) mass is 570 g/mol. The maximum atomic E-state index is 13.4. The van der Waals surface area contributed by atoms with Crippen LogP contribution in [0.2, 0.25) is 0 Å². The third-order valence-electron chi connectivity index (χ3n) is 7.19. The van der Waals surface area contributed by atoms with Crippen LogP contribution in [0.5, 0.6) is 11.5 Å². The second-order valence-corrected chi connectivity index (χ2v) is 10.5. The van der Waals surface area contributed by atoms with Gasteiger partial charge in [-0.15, -0.1) is 0 Å². The topological polar surface area (TPSA) is 226 Å². The number of aromatic hydroxyl groups is 2. The summed E-state index contributed by atoms with van der Waals surface area (Å²) in [6.45, 7) is 0.506. The Bertz CT molecular complexity index is 1210. The fourth-order valence-electron chi connectivity index (χ4n) is 4.72. The molecule has 1 heterocycles. The van der Waals surface area contributed by atoms with Gasteiger partial charge in [0.15, 0.2) is 0 Å². The lowest BCUT2D eigenvalue weighted by Crippen LogP contribution is -2.56. The van der Waals surface area contributed by atoms with E-state index in [9.17, 15) is 24.6 Å². The molecular weight excluding hydrogens is 528 g/mol. The Hall–Kier alpha value is -3.71. The van der Waals surface area contributed by atoms with Crippen LogP contribution >= 0.6 is 0 Å². The van der Waals surface area contributed by atoms with Crippen LogP contribution in [-0.4, -0.2) is 76.9 Å². The molecular formula is C29H42N6O6. The fourth-order valence-corrected chi connectivity index (χ4v) is 4.72. The number of amides is 3. The number of aliphatic hydroxyl groups is 1. The van der Waals surface area contributed by atoms with Crippen LogP contribution in [-0.2, 0) is 27.2 Å². The molecule has 0 saturated heterocycles. The van der Waals surface area contributed by atoms with Crippen molar-refractivity contribution in [2.45, 2.75) is 69.1 Å². The van der Waals surface area contributed by atoms with E-state index in [1.165, 1.54) is 12.1 Å². The van der Waals surface area contributed by atoms with Gasteiger partial charge in [0.05, 0.1) is 12.6 Å². The minimum atomic E-state index is -1.06. The number of nitrogens with one attached hydrogen (secondary N) is 3. The van der Waals surface area contributed by atoms with E-state index in [1.54, 1.807) is 24.3 Å². The van der Waals surface area contributed by atoms with Gasteiger partial charge in [-0.05, 0) is 78.7 Å². The molecule has 3 amide bonds. The van der Waals surface area contributed by atoms with Gasteiger partial charge >= 0.3 is 0 Å². The van der Waals surface area contributed by atoms with Crippen molar-refractivity contribution in [3.63, 3.8) is 0 Å². The number of benzene rings is 2. The molecule has 0 spiro atoms. The first-order valence-corrected chi connectivity index (χ1v) is 14.0. The Balaban J connectivity index is 1.94. The van der Waals surface area contributed by atoms with Crippen molar-refractivity contribution in [2.75, 3.05) is 19.7 Å². The van der Waals surface area contributed by atoms with Gasteiger partial charge < -0.3 is 48.5 Å². The minimum Gasteiger partial charge on any atom is -0.508 e. The summed E-state index contributed by atoms with van der Waals surface area (Å²) in [4.78, 5) is 39.7. The molecule has 12 nitrogen and oxygen atoms in total. The van der Waals surface area contributed by atoms with E-state index in [-0.39, 0.29) is 50.0 Å². The van der Waals surface area contributed by atoms with Gasteiger partial charge in [0.25, 0.3) is 0 Å². The number of carbonyl (C=O) groups is 3. The molecule has 224 valence electrons. The van der Waals surface area contributed by atoms with Crippen LogP contribution in [0, 0.1) is 0 Å². The average Bonchev–Trinajstić information content (AvgIpc) is 2.95. The Morgan fingerprint density at radius 1 is 0.951 bits per heavy atom. The standard InChI is InChI=1S/C29H42N6O6/c30-10-3-5-23-29(41)35-24(28(40)33-11-2-1-4-21(31)16-36)15-20-13-18(7-9-26(20)38)17-6-8-25(37)19(12-17)14-22(32)27(39)34-23/h6-9,12-13,21-24,36-38H,1-5,10-11,14-16,30-32H2,(H,33,40)(H,34,39)(H,35,41)/t21-,22-,23+,24+/m0/s1. The lowest BCUT2D eigenvalue weighted by molar-refractivity contribution is -0.132. The van der Waals surface area contributed by atoms with Crippen molar-refractivity contribution in [2.24, 2.45) is 17.2 Å². The second kappa shape index (κ2) is 15.3. The van der Waals surface area contributed by atoms with Gasteiger partial charge in [-0.3, -0.25) is 14.4 Å². The van der Waals surface area contributed by atoms with Crippen LogP contribution in [0.1, 0.15) is 43.2 Å². The molecule has 0 aliphatic carbocycles. The highest BCUT2D eigenvalue weighted by Crippen LogP contribution is 2.30. The third-order valence-corrected chi connectivity index (χ3v) is 7.19. The average molecular weight is 571 g/mol. The van der Waals surface area contributed by atoms with E-state index in [2.05, 4.69) is 16.0 Å². The number of carbonyl (C=O) groups excluding carboxylic acids is 3. The van der Waals surface area contributed by atoms with Gasteiger partial charge in [0.1, 0.15) is 23.6 Å². The van der Waals surface area contributed by atoms with Gasteiger partial charge in [0.2, 0.25) is 17.7 Å². The first-order valence-electron chi connectivity index (χ1n) is 14.0. The largest absolute Gasteiger partial charge is 0.508 e.